The van der Waals surface area contributed by atoms with Crippen LogP contribution in [-0.4, -0.2) is 23.3 Å². The lowest BCUT2D eigenvalue weighted by atomic mass is 10.1. The first-order chi connectivity index (χ1) is 11.7. The van der Waals surface area contributed by atoms with Gasteiger partial charge in [-0.15, -0.1) is 0 Å². The number of carboxylic acid groups (broad SMARTS) is 1. The van der Waals surface area contributed by atoms with Crippen LogP contribution in [0.25, 0.3) is 0 Å². The monoisotopic (exact) mass is 325 g/mol. The Labute approximate surface area is 142 Å². The molecular formula is C20H21O4+. The standard InChI is InChI=1S/C20H20O4/c1-2-18(23-14-16-9-5-3-6-10-16)19(13-20(21)22)24-15-17-11-7-4-8-12-17/h1-12,18-19H,13-15H2/p+1/t18-,19-/m0/s1. The first-order valence-corrected chi connectivity index (χ1v) is 7.77. The second kappa shape index (κ2) is 9.58. The van der Waals surface area contributed by atoms with Gasteiger partial charge in [-0.25, -0.2) is 0 Å². The summed E-state index contributed by atoms with van der Waals surface area (Å²) >= 11 is 0. The minimum atomic E-state index is -0.955. The van der Waals surface area contributed by atoms with Gasteiger partial charge in [0, 0.05) is 0 Å². The van der Waals surface area contributed by atoms with Gasteiger partial charge in [0.1, 0.15) is 6.10 Å². The molecule has 2 aromatic carbocycles. The summed E-state index contributed by atoms with van der Waals surface area (Å²) in [6.45, 7) is 6.30. The molecule has 1 N–H and O–H groups in total. The number of carboxylic acids is 1. The van der Waals surface area contributed by atoms with Crippen molar-refractivity contribution in [3.8, 4) is 0 Å². The molecule has 0 aliphatic carbocycles. The second-order valence-corrected chi connectivity index (χ2v) is 5.39. The van der Waals surface area contributed by atoms with Gasteiger partial charge in [-0.2, -0.15) is 0 Å². The highest BCUT2D eigenvalue weighted by molar-refractivity contribution is 5.67. The second-order valence-electron chi connectivity index (χ2n) is 5.39. The molecule has 0 radical (unpaired) electrons. The van der Waals surface area contributed by atoms with E-state index >= 15 is 0 Å². The molecule has 2 aromatic rings. The summed E-state index contributed by atoms with van der Waals surface area (Å²) in [6.07, 6.45) is -0.0944. The van der Waals surface area contributed by atoms with E-state index in [9.17, 15) is 4.79 Å². The zero-order valence-electron chi connectivity index (χ0n) is 13.4. The molecule has 0 aromatic heterocycles. The van der Waals surface area contributed by atoms with Crippen molar-refractivity contribution in [2.24, 2.45) is 0 Å². The molecule has 0 spiro atoms. The highest BCUT2D eigenvalue weighted by Crippen LogP contribution is 2.15. The van der Waals surface area contributed by atoms with Crippen LogP contribution in [0.1, 0.15) is 17.5 Å². The highest BCUT2D eigenvalue weighted by atomic mass is 16.5. The molecule has 0 saturated carbocycles. The summed E-state index contributed by atoms with van der Waals surface area (Å²) < 4.78 is 11.5. The number of benzene rings is 2. The summed E-state index contributed by atoms with van der Waals surface area (Å²) in [4.78, 5) is 11.1. The molecule has 0 fully saturated rings. The predicted octanol–water partition coefficient (Wildman–Crippen LogP) is 3.62. The molecule has 0 aliphatic heterocycles. The first-order valence-electron chi connectivity index (χ1n) is 7.77. The van der Waals surface area contributed by atoms with E-state index in [-0.39, 0.29) is 6.42 Å². The number of carbonyl (C=O) groups is 1. The third-order valence-corrected chi connectivity index (χ3v) is 3.52. The lowest BCUT2D eigenvalue weighted by Crippen LogP contribution is -2.32. The van der Waals surface area contributed by atoms with Crippen LogP contribution in [0.2, 0.25) is 0 Å². The van der Waals surface area contributed by atoms with E-state index < -0.39 is 18.2 Å². The number of hydrogen-bond donors (Lipinski definition) is 1. The number of hydrogen-bond acceptors (Lipinski definition) is 3. The van der Waals surface area contributed by atoms with Crippen LogP contribution in [-0.2, 0) is 27.5 Å². The Morgan fingerprint density at radius 1 is 0.958 bits per heavy atom. The van der Waals surface area contributed by atoms with E-state index in [0.29, 0.717) is 13.2 Å². The first kappa shape index (κ1) is 17.8. The van der Waals surface area contributed by atoms with E-state index in [1.165, 1.54) is 6.08 Å². The maximum atomic E-state index is 11.1. The van der Waals surface area contributed by atoms with Crippen molar-refractivity contribution < 1.29 is 19.4 Å². The normalized spacial score (nSPS) is 13.1. The number of ether oxygens (including phenoxy) is 2. The smallest absolute Gasteiger partial charge is 0.306 e. The summed E-state index contributed by atoms with van der Waals surface area (Å²) in [5, 5.41) is 9.12. The molecule has 0 heterocycles. The fraction of sp³-hybridized carbons (Fsp3) is 0.250. The van der Waals surface area contributed by atoms with E-state index in [4.69, 9.17) is 21.2 Å². The Morgan fingerprint density at radius 2 is 1.46 bits per heavy atom. The largest absolute Gasteiger partial charge is 0.481 e. The summed E-state index contributed by atoms with van der Waals surface area (Å²) in [5.74, 6) is -0.955. The van der Waals surface area contributed by atoms with Crippen LogP contribution in [0.3, 0.4) is 0 Å². The van der Waals surface area contributed by atoms with Crippen LogP contribution in [0.4, 0.5) is 0 Å². The molecule has 0 amide bonds. The van der Waals surface area contributed by atoms with E-state index in [1.807, 2.05) is 60.7 Å². The zero-order valence-corrected chi connectivity index (χ0v) is 13.4. The Kier molecular flexibility index (Phi) is 7.12. The van der Waals surface area contributed by atoms with Gasteiger partial charge in [0.25, 0.3) is 0 Å². The SMILES string of the molecule is [CH+]=C[C@H](OCc1ccccc1)[C@H](CC(=O)O)OCc1ccccc1. The third kappa shape index (κ3) is 5.94. The van der Waals surface area contributed by atoms with Gasteiger partial charge in [0.15, 0.2) is 12.2 Å². The van der Waals surface area contributed by atoms with E-state index in [1.54, 1.807) is 0 Å². The van der Waals surface area contributed by atoms with Gasteiger partial charge in [0.05, 0.1) is 19.6 Å². The maximum absolute atomic E-state index is 11.1. The molecule has 2 atom stereocenters. The van der Waals surface area contributed by atoms with Gasteiger partial charge in [-0.3, -0.25) is 4.79 Å². The van der Waals surface area contributed by atoms with Crippen LogP contribution in [0.5, 0.6) is 0 Å². The Bertz CT molecular complexity index is 625. The average Bonchev–Trinajstić information content (AvgIpc) is 2.61. The summed E-state index contributed by atoms with van der Waals surface area (Å²) in [6, 6.07) is 19.2. The third-order valence-electron chi connectivity index (χ3n) is 3.52. The Hall–Kier alpha value is -2.52. The molecule has 0 aliphatic rings. The lowest BCUT2D eigenvalue weighted by molar-refractivity contribution is -0.144. The van der Waals surface area contributed by atoms with Gasteiger partial charge in [-0.05, 0) is 11.1 Å². The Morgan fingerprint density at radius 3 is 1.92 bits per heavy atom. The van der Waals surface area contributed by atoms with Crippen molar-refractivity contribution in [3.63, 3.8) is 0 Å². The minimum absolute atomic E-state index is 0.181. The molecule has 0 saturated heterocycles. The lowest BCUT2D eigenvalue weighted by Gasteiger charge is -2.22. The van der Waals surface area contributed by atoms with Crippen molar-refractivity contribution in [3.05, 3.63) is 84.4 Å². The fourth-order valence-electron chi connectivity index (χ4n) is 2.27. The molecule has 2 rings (SSSR count). The summed E-state index contributed by atoms with van der Waals surface area (Å²) in [5.41, 5.74) is 1.95. The molecular weight excluding hydrogens is 304 g/mol. The van der Waals surface area contributed by atoms with Gasteiger partial charge in [-0.1, -0.05) is 60.7 Å². The number of aliphatic carboxylic acids is 1. The molecule has 4 nitrogen and oxygen atoms in total. The van der Waals surface area contributed by atoms with E-state index in [2.05, 4.69) is 0 Å². The molecule has 0 bridgehead atoms. The quantitative estimate of drug-likeness (QED) is 0.678. The van der Waals surface area contributed by atoms with Crippen molar-refractivity contribution in [1.29, 1.82) is 0 Å². The molecule has 124 valence electrons. The van der Waals surface area contributed by atoms with Crippen LogP contribution < -0.4 is 0 Å². The molecule has 0 unspecified atom stereocenters. The highest BCUT2D eigenvalue weighted by Gasteiger charge is 2.26. The summed E-state index contributed by atoms with van der Waals surface area (Å²) in [7, 11) is 0. The van der Waals surface area contributed by atoms with Crippen molar-refractivity contribution in [2.75, 3.05) is 0 Å². The van der Waals surface area contributed by atoms with Crippen LogP contribution >= 0.6 is 0 Å². The van der Waals surface area contributed by atoms with Crippen molar-refractivity contribution in [2.45, 2.75) is 31.8 Å². The van der Waals surface area contributed by atoms with Gasteiger partial charge in [0.2, 0.25) is 6.58 Å². The Balaban J connectivity index is 1.97. The minimum Gasteiger partial charge on any atom is -0.481 e. The predicted molar refractivity (Wildman–Crippen MR) is 91.2 cm³/mol. The average molecular weight is 325 g/mol. The zero-order chi connectivity index (χ0) is 17.2. The fourth-order valence-corrected chi connectivity index (χ4v) is 2.27. The van der Waals surface area contributed by atoms with Gasteiger partial charge < -0.3 is 14.6 Å². The maximum Gasteiger partial charge on any atom is 0.306 e. The van der Waals surface area contributed by atoms with Crippen molar-refractivity contribution >= 4 is 5.97 Å². The van der Waals surface area contributed by atoms with Gasteiger partial charge >= 0.3 is 5.97 Å². The van der Waals surface area contributed by atoms with Crippen molar-refractivity contribution in [1.82, 2.24) is 0 Å². The van der Waals surface area contributed by atoms with Crippen LogP contribution in [0, 0.1) is 6.58 Å². The number of rotatable bonds is 10. The van der Waals surface area contributed by atoms with Crippen LogP contribution in [0.15, 0.2) is 66.7 Å². The topological polar surface area (TPSA) is 55.8 Å². The molecule has 24 heavy (non-hydrogen) atoms. The van der Waals surface area contributed by atoms with E-state index in [0.717, 1.165) is 11.1 Å². The molecule has 4 heteroatoms.